The van der Waals surface area contributed by atoms with Crippen LogP contribution in [-0.2, 0) is 11.3 Å². The molecular weight excluding hydrogens is 362 g/mol. The lowest BCUT2D eigenvalue weighted by atomic mass is 10.1. The second-order valence-electron chi connectivity index (χ2n) is 6.58. The van der Waals surface area contributed by atoms with Crippen molar-refractivity contribution in [2.24, 2.45) is 5.92 Å². The summed E-state index contributed by atoms with van der Waals surface area (Å²) in [5.41, 5.74) is 0.662. The quantitative estimate of drug-likeness (QED) is 0.653. The molecule has 0 bridgehead atoms. The number of methoxy groups -OCH3 is 1. The van der Waals surface area contributed by atoms with Crippen molar-refractivity contribution in [3.05, 3.63) is 42.1 Å². The van der Waals surface area contributed by atoms with E-state index < -0.39 is 5.97 Å². The molecule has 0 fully saturated rings. The van der Waals surface area contributed by atoms with Gasteiger partial charge < -0.3 is 24.1 Å². The molecule has 0 aliphatic rings. The third-order valence-electron chi connectivity index (χ3n) is 3.96. The zero-order chi connectivity index (χ0) is 20.5. The molecule has 0 aliphatic heterocycles. The average Bonchev–Trinajstić information content (AvgIpc) is 3.14. The number of urea groups is 1. The fourth-order valence-electron chi connectivity index (χ4n) is 2.46. The van der Waals surface area contributed by atoms with Gasteiger partial charge in [-0.25, -0.2) is 14.6 Å². The largest absolute Gasteiger partial charge is 0.492 e. The van der Waals surface area contributed by atoms with Crippen LogP contribution in [0.15, 0.2) is 34.9 Å². The van der Waals surface area contributed by atoms with Gasteiger partial charge in [-0.3, -0.25) is 0 Å². The molecule has 8 heteroatoms. The third-order valence-corrected chi connectivity index (χ3v) is 3.96. The van der Waals surface area contributed by atoms with Crippen LogP contribution in [0.4, 0.5) is 10.5 Å². The minimum Gasteiger partial charge on any atom is -0.492 e. The first-order valence-corrected chi connectivity index (χ1v) is 9.25. The number of rotatable bonds is 9. The van der Waals surface area contributed by atoms with E-state index in [-0.39, 0.29) is 24.2 Å². The van der Waals surface area contributed by atoms with Gasteiger partial charge in [0, 0.05) is 6.54 Å². The van der Waals surface area contributed by atoms with Gasteiger partial charge in [-0.05, 0) is 31.4 Å². The van der Waals surface area contributed by atoms with Gasteiger partial charge in [0.05, 0.1) is 25.9 Å². The minimum atomic E-state index is -0.584. The molecule has 0 unspecified atom stereocenters. The van der Waals surface area contributed by atoms with E-state index in [1.807, 2.05) is 19.1 Å². The number of carbonyl (C=O) groups is 2. The number of hydrogen-bond acceptors (Lipinski definition) is 6. The molecule has 0 spiro atoms. The van der Waals surface area contributed by atoms with Crippen molar-refractivity contribution in [1.82, 2.24) is 9.88 Å². The number of anilines is 1. The van der Waals surface area contributed by atoms with Gasteiger partial charge in [0.25, 0.3) is 0 Å². The zero-order valence-electron chi connectivity index (χ0n) is 16.7. The maximum absolute atomic E-state index is 12.9. The van der Waals surface area contributed by atoms with Gasteiger partial charge >= 0.3 is 12.0 Å². The van der Waals surface area contributed by atoms with Gasteiger partial charge in [-0.1, -0.05) is 26.0 Å². The third kappa shape index (κ3) is 6.00. The van der Waals surface area contributed by atoms with Gasteiger partial charge in [-0.2, -0.15) is 0 Å². The number of oxazole rings is 1. The Kier molecular flexibility index (Phi) is 7.86. The first-order chi connectivity index (χ1) is 13.4. The van der Waals surface area contributed by atoms with Crippen molar-refractivity contribution < 1.29 is 23.5 Å². The first kappa shape index (κ1) is 21.3. The van der Waals surface area contributed by atoms with Crippen LogP contribution in [0.25, 0.3) is 0 Å². The summed E-state index contributed by atoms with van der Waals surface area (Å²) in [5, 5.41) is 2.88. The Morgan fingerprint density at radius 3 is 2.71 bits per heavy atom. The number of amides is 2. The SMILES string of the molecule is CCOc1ccccc1NC(=O)N(CCC(C)C)Cc1nc(C(=O)OC)co1. The maximum atomic E-state index is 12.9. The zero-order valence-corrected chi connectivity index (χ0v) is 16.7. The molecule has 2 amide bonds. The Hall–Kier alpha value is -3.03. The summed E-state index contributed by atoms with van der Waals surface area (Å²) in [7, 11) is 1.27. The number of esters is 1. The molecular formula is C20H27N3O5. The van der Waals surface area contributed by atoms with Gasteiger partial charge in [0.1, 0.15) is 12.0 Å². The smallest absolute Gasteiger partial charge is 0.360 e. The molecule has 1 aromatic carbocycles. The molecule has 8 nitrogen and oxygen atoms in total. The molecule has 152 valence electrons. The highest BCUT2D eigenvalue weighted by Gasteiger charge is 2.20. The summed E-state index contributed by atoms with van der Waals surface area (Å²) in [6.07, 6.45) is 2.04. The minimum absolute atomic E-state index is 0.0726. The monoisotopic (exact) mass is 389 g/mol. The Bertz CT molecular complexity index is 788. The lowest BCUT2D eigenvalue weighted by molar-refractivity contribution is 0.0594. The standard InChI is InChI=1S/C20H27N3O5/c1-5-27-17-9-7-6-8-15(17)22-20(25)23(11-10-14(2)3)12-18-21-16(13-28-18)19(24)26-4/h6-9,13-14H,5,10-12H2,1-4H3,(H,22,25). The number of carbonyl (C=O) groups excluding carboxylic acids is 2. The van der Waals surface area contributed by atoms with Crippen LogP contribution in [0.5, 0.6) is 5.75 Å². The van der Waals surface area contributed by atoms with Crippen LogP contribution in [0.2, 0.25) is 0 Å². The van der Waals surface area contributed by atoms with E-state index in [1.54, 1.807) is 17.0 Å². The Morgan fingerprint density at radius 2 is 2.04 bits per heavy atom. The number of hydrogen-bond donors (Lipinski definition) is 1. The van der Waals surface area contributed by atoms with Gasteiger partial charge in [0.15, 0.2) is 5.69 Å². The molecule has 2 rings (SSSR count). The van der Waals surface area contributed by atoms with E-state index in [1.165, 1.54) is 13.4 Å². The van der Waals surface area contributed by atoms with E-state index in [4.69, 9.17) is 9.15 Å². The van der Waals surface area contributed by atoms with E-state index >= 15 is 0 Å². The van der Waals surface area contributed by atoms with Crippen molar-refractivity contribution in [3.63, 3.8) is 0 Å². The fourth-order valence-corrected chi connectivity index (χ4v) is 2.46. The molecule has 0 aliphatic carbocycles. The van der Waals surface area contributed by atoms with Crippen molar-refractivity contribution >= 4 is 17.7 Å². The van der Waals surface area contributed by atoms with Crippen LogP contribution < -0.4 is 10.1 Å². The predicted octanol–water partition coefficient (Wildman–Crippen LogP) is 3.94. The summed E-state index contributed by atoms with van der Waals surface area (Å²) >= 11 is 0. The summed E-state index contributed by atoms with van der Waals surface area (Å²) in [6.45, 7) is 7.19. The normalized spacial score (nSPS) is 10.6. The molecule has 1 heterocycles. The van der Waals surface area contributed by atoms with Gasteiger partial charge in [0.2, 0.25) is 5.89 Å². The summed E-state index contributed by atoms with van der Waals surface area (Å²) in [6, 6.07) is 6.95. The second kappa shape index (κ2) is 10.3. The predicted molar refractivity (Wildman–Crippen MR) is 104 cm³/mol. The van der Waals surface area contributed by atoms with E-state index in [9.17, 15) is 9.59 Å². The van der Waals surface area contributed by atoms with Crippen molar-refractivity contribution in [2.45, 2.75) is 33.7 Å². The highest BCUT2D eigenvalue weighted by molar-refractivity contribution is 5.91. The molecule has 1 aromatic heterocycles. The first-order valence-electron chi connectivity index (χ1n) is 9.25. The molecule has 2 aromatic rings. The Balaban J connectivity index is 2.14. The molecule has 0 atom stereocenters. The van der Waals surface area contributed by atoms with Crippen molar-refractivity contribution in [1.29, 1.82) is 0 Å². The number of ether oxygens (including phenoxy) is 2. The van der Waals surface area contributed by atoms with Gasteiger partial charge in [-0.15, -0.1) is 0 Å². The van der Waals surface area contributed by atoms with Crippen LogP contribution in [0.1, 0.15) is 43.6 Å². The van der Waals surface area contributed by atoms with Crippen molar-refractivity contribution in [2.75, 3.05) is 25.6 Å². The highest BCUT2D eigenvalue weighted by atomic mass is 16.5. The number of nitrogens with zero attached hydrogens (tertiary/aromatic N) is 2. The highest BCUT2D eigenvalue weighted by Crippen LogP contribution is 2.24. The molecule has 0 saturated heterocycles. The average molecular weight is 389 g/mol. The molecule has 1 N–H and O–H groups in total. The number of para-hydroxylation sites is 2. The van der Waals surface area contributed by atoms with Crippen LogP contribution in [0, 0.1) is 5.92 Å². The maximum Gasteiger partial charge on any atom is 0.360 e. The molecule has 28 heavy (non-hydrogen) atoms. The summed E-state index contributed by atoms with van der Waals surface area (Å²) in [4.78, 5) is 30.1. The lowest BCUT2D eigenvalue weighted by Crippen LogP contribution is -2.36. The molecule has 0 saturated carbocycles. The topological polar surface area (TPSA) is 93.9 Å². The molecule has 0 radical (unpaired) electrons. The van der Waals surface area contributed by atoms with Crippen molar-refractivity contribution in [3.8, 4) is 5.75 Å². The number of nitrogens with one attached hydrogen (secondary N) is 1. The van der Waals surface area contributed by atoms with Crippen LogP contribution in [-0.4, -0.2) is 42.1 Å². The van der Waals surface area contributed by atoms with Crippen LogP contribution in [0.3, 0.4) is 0 Å². The van der Waals surface area contributed by atoms with Crippen LogP contribution >= 0.6 is 0 Å². The number of benzene rings is 1. The lowest BCUT2D eigenvalue weighted by Gasteiger charge is -2.23. The summed E-state index contributed by atoms with van der Waals surface area (Å²) in [5.74, 6) is 0.698. The second-order valence-corrected chi connectivity index (χ2v) is 6.58. The van der Waals surface area contributed by atoms with E-state index in [0.717, 1.165) is 6.42 Å². The fraction of sp³-hybridized carbons (Fsp3) is 0.450. The summed E-state index contributed by atoms with van der Waals surface area (Å²) < 4.78 is 15.5. The Labute approximate surface area is 164 Å². The van der Waals surface area contributed by atoms with E-state index in [2.05, 4.69) is 28.9 Å². The Morgan fingerprint density at radius 1 is 1.29 bits per heavy atom. The van der Waals surface area contributed by atoms with E-state index in [0.29, 0.717) is 30.5 Å². The number of aromatic nitrogens is 1.